The van der Waals surface area contributed by atoms with Gasteiger partial charge in [0.2, 0.25) is 0 Å². The van der Waals surface area contributed by atoms with E-state index in [9.17, 15) is 4.79 Å². The van der Waals surface area contributed by atoms with Crippen LogP contribution in [0.2, 0.25) is 0 Å². The molecule has 15 heavy (non-hydrogen) atoms. The molecule has 1 heterocycles. The second kappa shape index (κ2) is 4.91. The first kappa shape index (κ1) is 11.7. The van der Waals surface area contributed by atoms with E-state index in [2.05, 4.69) is 4.98 Å². The van der Waals surface area contributed by atoms with Crippen molar-refractivity contribution in [3.63, 3.8) is 0 Å². The van der Waals surface area contributed by atoms with E-state index in [1.807, 2.05) is 32.9 Å². The summed E-state index contributed by atoms with van der Waals surface area (Å²) in [5.74, 6) is -0.913. The fourth-order valence-corrected chi connectivity index (χ4v) is 1.66. The Morgan fingerprint density at radius 1 is 1.53 bits per heavy atom. The lowest BCUT2D eigenvalue weighted by Crippen LogP contribution is -2.16. The molecule has 3 heteroatoms. The molecule has 1 aromatic heterocycles. The van der Waals surface area contributed by atoms with Crippen molar-refractivity contribution in [1.82, 2.24) is 4.98 Å². The van der Waals surface area contributed by atoms with E-state index in [0.29, 0.717) is 18.0 Å². The monoisotopic (exact) mass is 207 g/mol. The van der Waals surface area contributed by atoms with E-state index >= 15 is 0 Å². The SMILES string of the molecule is Cc1cccnc1C(CC(C)C)C(=O)O. The minimum Gasteiger partial charge on any atom is -0.481 e. The fourth-order valence-electron chi connectivity index (χ4n) is 1.66. The van der Waals surface area contributed by atoms with Gasteiger partial charge in [-0.2, -0.15) is 0 Å². The Morgan fingerprint density at radius 3 is 2.67 bits per heavy atom. The maximum absolute atomic E-state index is 11.1. The molecule has 0 amide bonds. The smallest absolute Gasteiger partial charge is 0.312 e. The number of carbonyl (C=O) groups is 1. The largest absolute Gasteiger partial charge is 0.481 e. The van der Waals surface area contributed by atoms with Crippen molar-refractivity contribution in [3.05, 3.63) is 29.6 Å². The van der Waals surface area contributed by atoms with Gasteiger partial charge in [0.15, 0.2) is 0 Å². The summed E-state index contributed by atoms with van der Waals surface area (Å²) >= 11 is 0. The summed E-state index contributed by atoms with van der Waals surface area (Å²) in [6.07, 6.45) is 2.28. The molecule has 0 aromatic carbocycles. The molecule has 0 aliphatic heterocycles. The van der Waals surface area contributed by atoms with Crippen LogP contribution in [0.1, 0.15) is 37.4 Å². The number of carboxylic acids is 1. The molecule has 1 rings (SSSR count). The topological polar surface area (TPSA) is 50.2 Å². The van der Waals surface area contributed by atoms with Crippen LogP contribution < -0.4 is 0 Å². The summed E-state index contributed by atoms with van der Waals surface area (Å²) in [5.41, 5.74) is 1.64. The van der Waals surface area contributed by atoms with Crippen LogP contribution in [-0.2, 0) is 4.79 Å². The maximum atomic E-state index is 11.1. The standard InChI is InChI=1S/C12H17NO2/c1-8(2)7-10(12(14)15)11-9(3)5-4-6-13-11/h4-6,8,10H,7H2,1-3H3,(H,14,15). The highest BCUT2D eigenvalue weighted by molar-refractivity contribution is 5.75. The Kier molecular flexibility index (Phi) is 3.83. The molecule has 3 nitrogen and oxygen atoms in total. The van der Waals surface area contributed by atoms with Gasteiger partial charge in [0.1, 0.15) is 0 Å². The van der Waals surface area contributed by atoms with E-state index in [1.54, 1.807) is 6.20 Å². The Bertz CT molecular complexity index is 347. The number of aryl methyl sites for hydroxylation is 1. The van der Waals surface area contributed by atoms with Crippen molar-refractivity contribution in [2.45, 2.75) is 33.1 Å². The molecule has 1 aromatic rings. The quantitative estimate of drug-likeness (QED) is 0.825. The number of rotatable bonds is 4. The number of nitrogens with zero attached hydrogens (tertiary/aromatic N) is 1. The van der Waals surface area contributed by atoms with Crippen LogP contribution in [0.5, 0.6) is 0 Å². The molecular weight excluding hydrogens is 190 g/mol. The van der Waals surface area contributed by atoms with Gasteiger partial charge in [-0.15, -0.1) is 0 Å². The van der Waals surface area contributed by atoms with Crippen LogP contribution in [0.15, 0.2) is 18.3 Å². The zero-order valence-electron chi connectivity index (χ0n) is 9.40. The molecule has 0 fully saturated rings. The second-order valence-corrected chi connectivity index (χ2v) is 4.23. The van der Waals surface area contributed by atoms with Gasteiger partial charge in [-0.3, -0.25) is 9.78 Å². The molecule has 82 valence electrons. The van der Waals surface area contributed by atoms with Gasteiger partial charge in [-0.25, -0.2) is 0 Å². The molecule has 0 saturated heterocycles. The molecule has 0 bridgehead atoms. The summed E-state index contributed by atoms with van der Waals surface area (Å²) in [6, 6.07) is 3.73. The van der Waals surface area contributed by atoms with Crippen LogP contribution in [0, 0.1) is 12.8 Å². The molecule has 0 aliphatic rings. The Morgan fingerprint density at radius 2 is 2.20 bits per heavy atom. The van der Waals surface area contributed by atoms with Crippen molar-refractivity contribution in [2.75, 3.05) is 0 Å². The van der Waals surface area contributed by atoms with Crippen LogP contribution >= 0.6 is 0 Å². The van der Waals surface area contributed by atoms with Crippen molar-refractivity contribution in [3.8, 4) is 0 Å². The zero-order valence-corrected chi connectivity index (χ0v) is 9.40. The maximum Gasteiger partial charge on any atom is 0.312 e. The fraction of sp³-hybridized carbons (Fsp3) is 0.500. The van der Waals surface area contributed by atoms with E-state index in [-0.39, 0.29) is 0 Å². The first-order valence-corrected chi connectivity index (χ1v) is 5.16. The first-order chi connectivity index (χ1) is 7.02. The third-order valence-corrected chi connectivity index (χ3v) is 2.39. The second-order valence-electron chi connectivity index (χ2n) is 4.23. The summed E-state index contributed by atoms with van der Waals surface area (Å²) in [5, 5.41) is 9.16. The van der Waals surface area contributed by atoms with Crippen molar-refractivity contribution in [1.29, 1.82) is 0 Å². The molecule has 0 spiro atoms. The van der Waals surface area contributed by atoms with Crippen molar-refractivity contribution >= 4 is 5.97 Å². The van der Waals surface area contributed by atoms with Crippen LogP contribution in [0.3, 0.4) is 0 Å². The first-order valence-electron chi connectivity index (χ1n) is 5.16. The number of aromatic nitrogens is 1. The highest BCUT2D eigenvalue weighted by Crippen LogP contribution is 2.24. The van der Waals surface area contributed by atoms with Crippen molar-refractivity contribution < 1.29 is 9.90 Å². The van der Waals surface area contributed by atoms with Gasteiger partial charge < -0.3 is 5.11 Å². The highest BCUT2D eigenvalue weighted by atomic mass is 16.4. The molecule has 1 N–H and O–H groups in total. The van der Waals surface area contributed by atoms with Gasteiger partial charge in [0.05, 0.1) is 11.6 Å². The Hall–Kier alpha value is -1.38. The molecular formula is C12H17NO2. The van der Waals surface area contributed by atoms with E-state index in [4.69, 9.17) is 5.11 Å². The average molecular weight is 207 g/mol. The number of hydrogen-bond acceptors (Lipinski definition) is 2. The lowest BCUT2D eigenvalue weighted by molar-refractivity contribution is -0.139. The Labute approximate surface area is 90.2 Å². The van der Waals surface area contributed by atoms with E-state index < -0.39 is 11.9 Å². The van der Waals surface area contributed by atoms with E-state index in [0.717, 1.165) is 5.56 Å². The van der Waals surface area contributed by atoms with Crippen LogP contribution in [-0.4, -0.2) is 16.1 Å². The summed E-state index contributed by atoms with van der Waals surface area (Å²) in [6.45, 7) is 5.95. The zero-order chi connectivity index (χ0) is 11.4. The van der Waals surface area contributed by atoms with Crippen LogP contribution in [0.25, 0.3) is 0 Å². The molecule has 1 atom stereocenters. The van der Waals surface area contributed by atoms with E-state index in [1.165, 1.54) is 0 Å². The number of aliphatic carboxylic acids is 1. The van der Waals surface area contributed by atoms with Gasteiger partial charge in [0, 0.05) is 6.20 Å². The lowest BCUT2D eigenvalue weighted by atomic mass is 9.92. The minimum absolute atomic E-state index is 0.354. The van der Waals surface area contributed by atoms with Gasteiger partial charge in [-0.05, 0) is 30.9 Å². The molecule has 0 aliphatic carbocycles. The predicted octanol–water partition coefficient (Wildman–Crippen LogP) is 2.60. The van der Waals surface area contributed by atoms with Gasteiger partial charge in [0.25, 0.3) is 0 Å². The predicted molar refractivity (Wildman–Crippen MR) is 58.8 cm³/mol. The molecule has 0 radical (unpaired) electrons. The average Bonchev–Trinajstić information content (AvgIpc) is 2.15. The van der Waals surface area contributed by atoms with Crippen molar-refractivity contribution in [2.24, 2.45) is 5.92 Å². The molecule has 0 saturated carbocycles. The number of hydrogen-bond donors (Lipinski definition) is 1. The van der Waals surface area contributed by atoms with Crippen LogP contribution in [0.4, 0.5) is 0 Å². The Balaban J connectivity index is 2.99. The third-order valence-electron chi connectivity index (χ3n) is 2.39. The summed E-state index contributed by atoms with van der Waals surface area (Å²) in [4.78, 5) is 15.3. The minimum atomic E-state index is -0.787. The summed E-state index contributed by atoms with van der Waals surface area (Å²) < 4.78 is 0. The molecule has 1 unspecified atom stereocenters. The number of carboxylic acid groups (broad SMARTS) is 1. The lowest BCUT2D eigenvalue weighted by Gasteiger charge is -2.15. The van der Waals surface area contributed by atoms with Gasteiger partial charge in [-0.1, -0.05) is 19.9 Å². The normalized spacial score (nSPS) is 12.8. The summed E-state index contributed by atoms with van der Waals surface area (Å²) in [7, 11) is 0. The highest BCUT2D eigenvalue weighted by Gasteiger charge is 2.23. The van der Waals surface area contributed by atoms with Gasteiger partial charge >= 0.3 is 5.97 Å². The third kappa shape index (κ3) is 3.05. The number of pyridine rings is 1.